The van der Waals surface area contributed by atoms with E-state index in [9.17, 15) is 0 Å². The Labute approximate surface area is 51.3 Å². The van der Waals surface area contributed by atoms with Crippen molar-refractivity contribution in [2.24, 2.45) is 5.11 Å². The number of rotatable bonds is 2. The van der Waals surface area contributed by atoms with Crippen molar-refractivity contribution in [3.05, 3.63) is 28.4 Å². The van der Waals surface area contributed by atoms with Gasteiger partial charge in [-0.05, 0) is 11.1 Å². The van der Waals surface area contributed by atoms with Crippen LogP contribution in [0.2, 0.25) is 0 Å². The number of aromatic amines is 1. The van der Waals surface area contributed by atoms with Gasteiger partial charge in [0, 0.05) is 11.1 Å². The van der Waals surface area contributed by atoms with Gasteiger partial charge in [-0.25, -0.2) is 0 Å². The number of azide groups is 1. The van der Waals surface area contributed by atoms with E-state index in [0.717, 1.165) is 5.56 Å². The zero-order valence-electron chi connectivity index (χ0n) is 4.65. The summed E-state index contributed by atoms with van der Waals surface area (Å²) in [5, 5.41) is 9.61. The van der Waals surface area contributed by atoms with Crippen LogP contribution < -0.4 is 0 Å². The molecular weight excluding hydrogens is 118 g/mol. The van der Waals surface area contributed by atoms with Crippen LogP contribution in [-0.4, -0.2) is 10.2 Å². The summed E-state index contributed by atoms with van der Waals surface area (Å²) < 4.78 is 0. The lowest BCUT2D eigenvalue weighted by Crippen LogP contribution is -1.70. The van der Waals surface area contributed by atoms with Crippen molar-refractivity contribution in [2.45, 2.75) is 6.54 Å². The highest BCUT2D eigenvalue weighted by atomic mass is 15.1. The Bertz CT molecular complexity index is 207. The highest BCUT2D eigenvalue weighted by Crippen LogP contribution is 1.94. The molecule has 0 atom stereocenters. The first kappa shape index (κ1) is 5.65. The largest absolute Gasteiger partial charge is 0.285 e. The zero-order valence-corrected chi connectivity index (χ0v) is 4.65. The first-order valence-corrected chi connectivity index (χ1v) is 2.42. The maximum absolute atomic E-state index is 7.89. The molecule has 46 valence electrons. The molecule has 0 fully saturated rings. The predicted molar refractivity (Wildman–Crippen MR) is 31.4 cm³/mol. The Kier molecular flexibility index (Phi) is 1.72. The maximum atomic E-state index is 7.89. The average molecular weight is 123 g/mol. The SMILES string of the molecule is [N-]=[N+]=NCc1cn[nH]c1. The Morgan fingerprint density at radius 3 is 3.33 bits per heavy atom. The molecule has 0 aliphatic rings. The van der Waals surface area contributed by atoms with Crippen molar-refractivity contribution in [3.8, 4) is 0 Å². The van der Waals surface area contributed by atoms with Gasteiger partial charge in [0.15, 0.2) is 0 Å². The summed E-state index contributed by atoms with van der Waals surface area (Å²) in [6.07, 6.45) is 3.31. The molecule has 0 aliphatic heterocycles. The lowest BCUT2D eigenvalue weighted by atomic mass is 10.4. The van der Waals surface area contributed by atoms with Crippen LogP contribution in [0, 0.1) is 0 Å². The fraction of sp³-hybridized carbons (Fsp3) is 0.250. The van der Waals surface area contributed by atoms with Crippen molar-refractivity contribution in [2.75, 3.05) is 0 Å². The van der Waals surface area contributed by atoms with Crippen LogP contribution in [0.4, 0.5) is 0 Å². The number of hydrogen-bond acceptors (Lipinski definition) is 2. The molecule has 0 saturated carbocycles. The molecule has 1 N–H and O–H groups in total. The zero-order chi connectivity index (χ0) is 6.53. The predicted octanol–water partition coefficient (Wildman–Crippen LogP) is 1.22. The monoisotopic (exact) mass is 123 g/mol. The topological polar surface area (TPSA) is 77.4 Å². The molecule has 1 heterocycles. The standard InChI is InChI=1S/C4H5N5/c5-9-8-3-4-1-6-7-2-4/h1-2H,3H2,(H,6,7). The van der Waals surface area contributed by atoms with E-state index in [1.165, 1.54) is 0 Å². The normalized spacial score (nSPS) is 8.44. The minimum Gasteiger partial charge on any atom is -0.285 e. The van der Waals surface area contributed by atoms with Crippen LogP contribution in [0.15, 0.2) is 17.5 Å². The molecule has 1 rings (SSSR count). The molecule has 0 aliphatic carbocycles. The van der Waals surface area contributed by atoms with Gasteiger partial charge in [0.1, 0.15) is 0 Å². The van der Waals surface area contributed by atoms with Crippen LogP contribution >= 0.6 is 0 Å². The number of hydrogen-bond donors (Lipinski definition) is 1. The third kappa shape index (κ3) is 1.47. The van der Waals surface area contributed by atoms with Crippen LogP contribution in [-0.2, 0) is 6.54 Å². The molecule has 0 bridgehead atoms. The Balaban J connectivity index is 2.57. The molecular formula is C4H5N5. The summed E-state index contributed by atoms with van der Waals surface area (Å²) in [5.74, 6) is 0. The van der Waals surface area contributed by atoms with Crippen molar-refractivity contribution in [3.63, 3.8) is 0 Å². The van der Waals surface area contributed by atoms with E-state index in [1.54, 1.807) is 12.4 Å². The highest BCUT2D eigenvalue weighted by Gasteiger charge is 1.86. The molecule has 9 heavy (non-hydrogen) atoms. The van der Waals surface area contributed by atoms with E-state index < -0.39 is 0 Å². The van der Waals surface area contributed by atoms with Crippen molar-refractivity contribution in [1.82, 2.24) is 10.2 Å². The van der Waals surface area contributed by atoms with Gasteiger partial charge in [0.05, 0.1) is 12.7 Å². The van der Waals surface area contributed by atoms with Gasteiger partial charge in [0.25, 0.3) is 0 Å². The van der Waals surface area contributed by atoms with Crippen LogP contribution in [0.5, 0.6) is 0 Å². The van der Waals surface area contributed by atoms with Gasteiger partial charge in [-0.2, -0.15) is 5.10 Å². The summed E-state index contributed by atoms with van der Waals surface area (Å²) in [6, 6.07) is 0. The summed E-state index contributed by atoms with van der Waals surface area (Å²) in [4.78, 5) is 2.59. The summed E-state index contributed by atoms with van der Waals surface area (Å²) in [5.41, 5.74) is 8.79. The van der Waals surface area contributed by atoms with E-state index in [-0.39, 0.29) is 0 Å². The number of nitrogens with zero attached hydrogens (tertiary/aromatic N) is 4. The lowest BCUT2D eigenvalue weighted by Gasteiger charge is -1.78. The van der Waals surface area contributed by atoms with E-state index in [4.69, 9.17) is 5.53 Å². The Morgan fingerprint density at radius 1 is 1.89 bits per heavy atom. The first-order valence-electron chi connectivity index (χ1n) is 2.42. The number of aromatic nitrogens is 2. The number of nitrogens with one attached hydrogen (secondary N) is 1. The molecule has 0 spiro atoms. The molecule has 1 aromatic rings. The van der Waals surface area contributed by atoms with Gasteiger partial charge in [-0.3, -0.25) is 5.10 Å². The Hall–Kier alpha value is -1.48. The molecule has 0 saturated heterocycles. The Morgan fingerprint density at radius 2 is 2.78 bits per heavy atom. The van der Waals surface area contributed by atoms with Crippen molar-refractivity contribution in [1.29, 1.82) is 0 Å². The fourth-order valence-electron chi connectivity index (χ4n) is 0.477. The molecule has 5 nitrogen and oxygen atoms in total. The van der Waals surface area contributed by atoms with Crippen LogP contribution in [0.25, 0.3) is 10.4 Å². The van der Waals surface area contributed by atoms with Gasteiger partial charge >= 0.3 is 0 Å². The van der Waals surface area contributed by atoms with E-state index >= 15 is 0 Å². The van der Waals surface area contributed by atoms with Gasteiger partial charge in [0.2, 0.25) is 0 Å². The van der Waals surface area contributed by atoms with Crippen LogP contribution in [0.1, 0.15) is 5.56 Å². The third-order valence-corrected chi connectivity index (χ3v) is 0.871. The average Bonchev–Trinajstić information content (AvgIpc) is 2.34. The maximum Gasteiger partial charge on any atom is 0.0541 e. The molecule has 0 unspecified atom stereocenters. The van der Waals surface area contributed by atoms with E-state index in [0.29, 0.717) is 6.54 Å². The third-order valence-electron chi connectivity index (χ3n) is 0.871. The highest BCUT2D eigenvalue weighted by molar-refractivity contribution is 5.01. The summed E-state index contributed by atoms with van der Waals surface area (Å²) in [6.45, 7) is 0.368. The van der Waals surface area contributed by atoms with Crippen molar-refractivity contribution >= 4 is 0 Å². The number of H-pyrrole nitrogens is 1. The van der Waals surface area contributed by atoms with Gasteiger partial charge in [-0.15, -0.1) is 0 Å². The molecule has 0 amide bonds. The summed E-state index contributed by atoms with van der Waals surface area (Å²) >= 11 is 0. The van der Waals surface area contributed by atoms with Crippen LogP contribution in [0.3, 0.4) is 0 Å². The minimum atomic E-state index is 0.368. The smallest absolute Gasteiger partial charge is 0.0541 e. The second kappa shape index (κ2) is 2.74. The van der Waals surface area contributed by atoms with Crippen molar-refractivity contribution < 1.29 is 0 Å². The lowest BCUT2D eigenvalue weighted by molar-refractivity contribution is 1.05. The molecule has 0 aromatic carbocycles. The fourth-order valence-corrected chi connectivity index (χ4v) is 0.477. The quantitative estimate of drug-likeness (QED) is 0.358. The molecule has 0 radical (unpaired) electrons. The first-order chi connectivity index (χ1) is 4.43. The van der Waals surface area contributed by atoms with E-state index in [2.05, 4.69) is 20.2 Å². The van der Waals surface area contributed by atoms with Gasteiger partial charge in [-0.1, -0.05) is 5.11 Å². The molecule has 1 aromatic heterocycles. The summed E-state index contributed by atoms with van der Waals surface area (Å²) in [7, 11) is 0. The molecule has 5 heteroatoms. The minimum absolute atomic E-state index is 0.368. The van der Waals surface area contributed by atoms with E-state index in [1.807, 2.05) is 0 Å². The second-order valence-electron chi connectivity index (χ2n) is 1.50. The van der Waals surface area contributed by atoms with Gasteiger partial charge < -0.3 is 0 Å². The second-order valence-corrected chi connectivity index (χ2v) is 1.50.